The van der Waals surface area contributed by atoms with Crippen molar-refractivity contribution in [3.63, 3.8) is 0 Å². The van der Waals surface area contributed by atoms with Gasteiger partial charge in [0.25, 0.3) is 0 Å². The molecule has 0 aliphatic heterocycles. The number of fused-ring (bicyclic) bond motifs is 7. The molecule has 0 saturated heterocycles. The average molecular weight is 479 g/mol. The highest BCUT2D eigenvalue weighted by Gasteiger charge is 2.67. The SMILES string of the molecule is C=C1C=C2C(=CC=C3[C@@]2(C)CC[C@@]2(C)[C@@H]4C[C@](C)(C(=O)O)CC[C@]4(C)CC[C@]32C)[C@](C)(CO)C1=O. The van der Waals surface area contributed by atoms with E-state index in [1.54, 1.807) is 0 Å². The van der Waals surface area contributed by atoms with E-state index in [1.165, 1.54) is 5.57 Å². The number of ketones is 1. The first-order chi connectivity index (χ1) is 16.1. The molecule has 0 bridgehead atoms. The van der Waals surface area contributed by atoms with Gasteiger partial charge in [0, 0.05) is 11.0 Å². The van der Waals surface area contributed by atoms with Crippen LogP contribution in [0.2, 0.25) is 0 Å². The number of hydrogen-bond acceptors (Lipinski definition) is 3. The van der Waals surface area contributed by atoms with E-state index in [2.05, 4.69) is 46.4 Å². The van der Waals surface area contributed by atoms with Gasteiger partial charge in [0.1, 0.15) is 0 Å². The quantitative estimate of drug-likeness (QED) is 0.449. The van der Waals surface area contributed by atoms with Crippen LogP contribution in [0, 0.1) is 38.4 Å². The van der Waals surface area contributed by atoms with Gasteiger partial charge in [0.2, 0.25) is 0 Å². The molecule has 5 aliphatic carbocycles. The molecule has 190 valence electrons. The number of aliphatic hydroxyl groups is 1. The van der Waals surface area contributed by atoms with Gasteiger partial charge in [-0.15, -0.1) is 0 Å². The van der Waals surface area contributed by atoms with E-state index in [0.717, 1.165) is 56.1 Å². The first-order valence-electron chi connectivity index (χ1n) is 13.4. The van der Waals surface area contributed by atoms with Crippen LogP contribution in [0.1, 0.15) is 86.5 Å². The lowest BCUT2D eigenvalue weighted by atomic mass is 9.34. The second kappa shape index (κ2) is 7.09. The Balaban J connectivity index is 1.66. The molecule has 0 aromatic heterocycles. The van der Waals surface area contributed by atoms with Crippen LogP contribution in [0.5, 0.6) is 0 Å². The van der Waals surface area contributed by atoms with Gasteiger partial charge in [-0.05, 0) is 98.2 Å². The maximum Gasteiger partial charge on any atom is 0.309 e. The fourth-order valence-electron chi connectivity index (χ4n) is 9.17. The summed E-state index contributed by atoms with van der Waals surface area (Å²) in [7, 11) is 0. The van der Waals surface area contributed by atoms with Crippen molar-refractivity contribution in [3.05, 3.63) is 47.1 Å². The van der Waals surface area contributed by atoms with Crippen LogP contribution in [0.25, 0.3) is 0 Å². The zero-order valence-corrected chi connectivity index (χ0v) is 22.4. The summed E-state index contributed by atoms with van der Waals surface area (Å²) >= 11 is 0. The van der Waals surface area contributed by atoms with Gasteiger partial charge in [-0.1, -0.05) is 52.0 Å². The van der Waals surface area contributed by atoms with E-state index in [0.29, 0.717) is 11.5 Å². The first kappa shape index (κ1) is 24.7. The number of carbonyl (C=O) groups is 2. The van der Waals surface area contributed by atoms with Crippen LogP contribution in [0.15, 0.2) is 47.1 Å². The van der Waals surface area contributed by atoms with E-state index < -0.39 is 16.8 Å². The van der Waals surface area contributed by atoms with Gasteiger partial charge in [0.05, 0.1) is 17.4 Å². The third-order valence-corrected chi connectivity index (χ3v) is 12.1. The summed E-state index contributed by atoms with van der Waals surface area (Å²) in [5.74, 6) is -0.399. The lowest BCUT2D eigenvalue weighted by Gasteiger charge is -2.70. The Labute approximate surface area is 210 Å². The molecule has 0 aromatic carbocycles. The number of rotatable bonds is 2. The zero-order chi connectivity index (χ0) is 25.8. The zero-order valence-electron chi connectivity index (χ0n) is 22.4. The molecule has 3 saturated carbocycles. The fourth-order valence-corrected chi connectivity index (χ4v) is 9.17. The Morgan fingerprint density at radius 3 is 2.26 bits per heavy atom. The van der Waals surface area contributed by atoms with Crippen molar-refractivity contribution in [3.8, 4) is 0 Å². The molecule has 0 aromatic rings. The largest absolute Gasteiger partial charge is 0.481 e. The van der Waals surface area contributed by atoms with Crippen molar-refractivity contribution < 1.29 is 19.8 Å². The van der Waals surface area contributed by atoms with Crippen molar-refractivity contribution in [2.75, 3.05) is 6.61 Å². The van der Waals surface area contributed by atoms with Crippen molar-refractivity contribution in [1.29, 1.82) is 0 Å². The fraction of sp³-hybridized carbons (Fsp3) is 0.677. The van der Waals surface area contributed by atoms with Crippen molar-refractivity contribution in [2.24, 2.45) is 38.4 Å². The standard InChI is InChI=1S/C31H42O4/c1-19-16-21-20(29(5,18-32)24(19)33)8-9-22-28(21,4)13-15-31(7)23-17-27(3,25(34)35)11-10-26(23,2)12-14-30(22,31)6/h8-9,16,23,32H,1,10-15,17-18H2,2-7H3,(H,34,35)/t23-,26-,27-,28+,29+,30-,31+/m1/s1. The molecule has 5 rings (SSSR count). The van der Waals surface area contributed by atoms with E-state index in [1.807, 2.05) is 19.9 Å². The van der Waals surface area contributed by atoms with Gasteiger partial charge in [0.15, 0.2) is 5.78 Å². The van der Waals surface area contributed by atoms with Crippen molar-refractivity contribution in [2.45, 2.75) is 86.5 Å². The molecule has 5 aliphatic rings. The third kappa shape index (κ3) is 2.84. The lowest BCUT2D eigenvalue weighted by molar-refractivity contribution is -0.178. The highest BCUT2D eigenvalue weighted by Crippen LogP contribution is 2.75. The number of carbonyl (C=O) groups excluding carboxylic acids is 1. The highest BCUT2D eigenvalue weighted by molar-refractivity contribution is 6.06. The molecule has 0 radical (unpaired) electrons. The average Bonchev–Trinajstić information content (AvgIpc) is 2.81. The second-order valence-corrected chi connectivity index (χ2v) is 13.9. The molecule has 4 nitrogen and oxygen atoms in total. The molecular formula is C31H42O4. The lowest BCUT2D eigenvalue weighted by Crippen LogP contribution is -2.62. The maximum absolute atomic E-state index is 13.0. The Morgan fingerprint density at radius 1 is 0.971 bits per heavy atom. The molecule has 3 fully saturated rings. The van der Waals surface area contributed by atoms with Gasteiger partial charge in [-0.25, -0.2) is 0 Å². The van der Waals surface area contributed by atoms with Crippen LogP contribution in [0.3, 0.4) is 0 Å². The number of aliphatic carboxylic acids is 1. The number of Topliss-reactive ketones (excluding diaryl/α,β-unsaturated/α-hetero) is 1. The Hall–Kier alpha value is -1.94. The van der Waals surface area contributed by atoms with E-state index in [9.17, 15) is 19.8 Å². The van der Waals surface area contributed by atoms with Crippen molar-refractivity contribution in [1.82, 2.24) is 0 Å². The van der Waals surface area contributed by atoms with Crippen LogP contribution < -0.4 is 0 Å². The first-order valence-corrected chi connectivity index (χ1v) is 13.4. The summed E-state index contributed by atoms with van der Waals surface area (Å²) in [6.07, 6.45) is 13.0. The summed E-state index contributed by atoms with van der Waals surface area (Å²) in [6.45, 7) is 17.2. The molecule has 0 amide bonds. The van der Waals surface area contributed by atoms with Gasteiger partial charge >= 0.3 is 5.97 Å². The normalized spacial score (nSPS) is 49.0. The van der Waals surface area contributed by atoms with E-state index in [-0.39, 0.29) is 34.1 Å². The van der Waals surface area contributed by atoms with Gasteiger partial charge < -0.3 is 10.2 Å². The Kier molecular flexibility index (Phi) is 5.01. The number of carboxylic acid groups (broad SMARTS) is 1. The molecule has 4 heteroatoms. The highest BCUT2D eigenvalue weighted by atomic mass is 16.4. The van der Waals surface area contributed by atoms with Crippen LogP contribution >= 0.6 is 0 Å². The summed E-state index contributed by atoms with van der Waals surface area (Å²) in [4.78, 5) is 25.3. The van der Waals surface area contributed by atoms with E-state index in [4.69, 9.17) is 0 Å². The van der Waals surface area contributed by atoms with E-state index >= 15 is 0 Å². The van der Waals surface area contributed by atoms with Crippen LogP contribution in [-0.4, -0.2) is 28.6 Å². The topological polar surface area (TPSA) is 74.6 Å². The minimum absolute atomic E-state index is 0.00382. The van der Waals surface area contributed by atoms with Gasteiger partial charge in [-0.2, -0.15) is 0 Å². The number of aliphatic hydroxyl groups excluding tert-OH is 1. The predicted octanol–water partition coefficient (Wildman–Crippen LogP) is 6.42. The summed E-state index contributed by atoms with van der Waals surface area (Å²) in [5, 5.41) is 20.4. The minimum Gasteiger partial charge on any atom is -0.481 e. The summed E-state index contributed by atoms with van der Waals surface area (Å²) in [6, 6.07) is 0. The molecule has 0 unspecified atom stereocenters. The second-order valence-electron chi connectivity index (χ2n) is 13.9. The number of allylic oxidation sites excluding steroid dienone is 6. The minimum atomic E-state index is -0.953. The Bertz CT molecular complexity index is 1140. The smallest absolute Gasteiger partial charge is 0.309 e. The van der Waals surface area contributed by atoms with Crippen LogP contribution in [-0.2, 0) is 9.59 Å². The molecule has 2 N–H and O–H groups in total. The number of carboxylic acids is 1. The molecule has 0 heterocycles. The molecule has 7 atom stereocenters. The predicted molar refractivity (Wildman–Crippen MR) is 138 cm³/mol. The molecular weight excluding hydrogens is 436 g/mol. The van der Waals surface area contributed by atoms with Crippen LogP contribution in [0.4, 0.5) is 0 Å². The van der Waals surface area contributed by atoms with Gasteiger partial charge in [-0.3, -0.25) is 9.59 Å². The van der Waals surface area contributed by atoms with Crippen molar-refractivity contribution >= 4 is 11.8 Å². The maximum atomic E-state index is 13.0. The number of hydrogen-bond donors (Lipinski definition) is 2. The summed E-state index contributed by atoms with van der Waals surface area (Å²) < 4.78 is 0. The summed E-state index contributed by atoms with van der Waals surface area (Å²) in [5.41, 5.74) is 2.25. The Morgan fingerprint density at radius 2 is 1.63 bits per heavy atom. The molecule has 0 spiro atoms. The third-order valence-electron chi connectivity index (χ3n) is 12.1. The molecule has 35 heavy (non-hydrogen) atoms. The monoisotopic (exact) mass is 478 g/mol.